The number of carbonyl (C=O) groups is 1. The van der Waals surface area contributed by atoms with Crippen molar-refractivity contribution < 1.29 is 9.53 Å². The van der Waals surface area contributed by atoms with Crippen molar-refractivity contribution in [2.75, 3.05) is 12.4 Å². The van der Waals surface area contributed by atoms with Crippen LogP contribution in [0.2, 0.25) is 0 Å². The topological polar surface area (TPSA) is 50.4 Å². The van der Waals surface area contributed by atoms with Gasteiger partial charge in [-0.2, -0.15) is 0 Å². The summed E-state index contributed by atoms with van der Waals surface area (Å²) in [6, 6.07) is 15.1. The summed E-state index contributed by atoms with van der Waals surface area (Å²) in [6.45, 7) is 2.43. The van der Waals surface area contributed by atoms with Crippen molar-refractivity contribution >= 4 is 11.7 Å². The summed E-state index contributed by atoms with van der Waals surface area (Å²) in [5.41, 5.74) is 2.79. The van der Waals surface area contributed by atoms with Gasteiger partial charge in [0.1, 0.15) is 5.75 Å². The van der Waals surface area contributed by atoms with Crippen molar-refractivity contribution in [1.82, 2.24) is 5.32 Å². The lowest BCUT2D eigenvalue weighted by Crippen LogP contribution is -2.28. The second-order valence-corrected chi connectivity index (χ2v) is 4.47. The van der Waals surface area contributed by atoms with Crippen LogP contribution < -0.4 is 15.4 Å². The van der Waals surface area contributed by atoms with Crippen LogP contribution in [0.1, 0.15) is 11.1 Å². The Hall–Kier alpha value is -2.49. The Labute approximate surface area is 118 Å². The largest absolute Gasteiger partial charge is 0.497 e. The predicted molar refractivity (Wildman–Crippen MR) is 80.0 cm³/mol. The minimum Gasteiger partial charge on any atom is -0.497 e. The zero-order valence-corrected chi connectivity index (χ0v) is 11.6. The van der Waals surface area contributed by atoms with Gasteiger partial charge in [0, 0.05) is 18.3 Å². The molecule has 0 saturated carbocycles. The van der Waals surface area contributed by atoms with Crippen LogP contribution in [0.3, 0.4) is 0 Å². The van der Waals surface area contributed by atoms with Gasteiger partial charge in [-0.3, -0.25) is 0 Å². The molecule has 2 amide bonds. The van der Waals surface area contributed by atoms with E-state index >= 15 is 0 Å². The van der Waals surface area contributed by atoms with E-state index in [1.54, 1.807) is 13.2 Å². The number of aryl methyl sites for hydroxylation is 1. The Morgan fingerprint density at radius 1 is 1.15 bits per heavy atom. The van der Waals surface area contributed by atoms with E-state index in [0.717, 1.165) is 16.8 Å². The molecule has 2 rings (SSSR count). The number of nitrogens with one attached hydrogen (secondary N) is 2. The highest BCUT2D eigenvalue weighted by molar-refractivity contribution is 5.90. The van der Waals surface area contributed by atoms with E-state index in [1.165, 1.54) is 0 Å². The smallest absolute Gasteiger partial charge is 0.319 e. The fourth-order valence-electron chi connectivity index (χ4n) is 1.81. The fraction of sp³-hybridized carbons (Fsp3) is 0.188. The first-order valence-electron chi connectivity index (χ1n) is 6.42. The number of carbonyl (C=O) groups excluding carboxylic acids is 1. The van der Waals surface area contributed by atoms with Gasteiger partial charge in [0.15, 0.2) is 0 Å². The fourth-order valence-corrected chi connectivity index (χ4v) is 1.81. The number of urea groups is 1. The summed E-state index contributed by atoms with van der Waals surface area (Å²) in [5, 5.41) is 5.65. The van der Waals surface area contributed by atoms with Gasteiger partial charge < -0.3 is 15.4 Å². The molecule has 20 heavy (non-hydrogen) atoms. The van der Waals surface area contributed by atoms with E-state index in [0.29, 0.717) is 12.3 Å². The average molecular weight is 270 g/mol. The molecule has 4 nitrogen and oxygen atoms in total. The van der Waals surface area contributed by atoms with Crippen molar-refractivity contribution in [3.8, 4) is 5.75 Å². The maximum absolute atomic E-state index is 11.9. The van der Waals surface area contributed by atoms with Crippen LogP contribution in [-0.4, -0.2) is 13.1 Å². The lowest BCUT2D eigenvalue weighted by Gasteiger charge is -2.11. The Kier molecular flexibility index (Phi) is 4.60. The molecule has 0 aliphatic carbocycles. The summed E-state index contributed by atoms with van der Waals surface area (Å²) in [7, 11) is 1.60. The van der Waals surface area contributed by atoms with E-state index in [-0.39, 0.29) is 6.03 Å². The highest BCUT2D eigenvalue weighted by atomic mass is 16.5. The number of methoxy groups -OCH3 is 1. The molecule has 0 bridgehead atoms. The standard InChI is InChI=1S/C16H18N2O2/c1-12-8-9-14(20-2)10-15(12)18-16(19)17-11-13-6-4-3-5-7-13/h3-10H,11H2,1-2H3,(H2,17,18,19). The third kappa shape index (κ3) is 3.75. The molecule has 0 unspecified atom stereocenters. The number of ether oxygens (including phenoxy) is 1. The van der Waals surface area contributed by atoms with E-state index in [1.807, 2.05) is 49.4 Å². The van der Waals surface area contributed by atoms with Crippen LogP contribution >= 0.6 is 0 Å². The third-order valence-corrected chi connectivity index (χ3v) is 2.99. The van der Waals surface area contributed by atoms with Crippen molar-refractivity contribution in [3.05, 3.63) is 59.7 Å². The monoisotopic (exact) mass is 270 g/mol. The van der Waals surface area contributed by atoms with E-state index < -0.39 is 0 Å². The molecule has 0 spiro atoms. The Bertz CT molecular complexity index is 582. The van der Waals surface area contributed by atoms with Gasteiger partial charge >= 0.3 is 6.03 Å². The van der Waals surface area contributed by atoms with Gasteiger partial charge in [0.05, 0.1) is 7.11 Å². The highest BCUT2D eigenvalue weighted by Crippen LogP contribution is 2.21. The quantitative estimate of drug-likeness (QED) is 0.895. The van der Waals surface area contributed by atoms with E-state index in [9.17, 15) is 4.79 Å². The number of hydrogen-bond acceptors (Lipinski definition) is 2. The molecule has 0 aliphatic heterocycles. The number of hydrogen-bond donors (Lipinski definition) is 2. The van der Waals surface area contributed by atoms with Gasteiger partial charge in [-0.1, -0.05) is 36.4 Å². The Balaban J connectivity index is 1.94. The molecular weight excluding hydrogens is 252 g/mol. The SMILES string of the molecule is COc1ccc(C)c(NC(=O)NCc2ccccc2)c1. The molecule has 0 atom stereocenters. The molecule has 0 saturated heterocycles. The second-order valence-electron chi connectivity index (χ2n) is 4.47. The number of benzene rings is 2. The van der Waals surface area contributed by atoms with Crippen molar-refractivity contribution in [1.29, 1.82) is 0 Å². The lowest BCUT2D eigenvalue weighted by molar-refractivity contribution is 0.251. The molecule has 104 valence electrons. The van der Waals surface area contributed by atoms with Crippen LogP contribution in [0.4, 0.5) is 10.5 Å². The molecule has 4 heteroatoms. The van der Waals surface area contributed by atoms with Gasteiger partial charge in [0.25, 0.3) is 0 Å². The summed E-state index contributed by atoms with van der Waals surface area (Å²) >= 11 is 0. The molecule has 0 radical (unpaired) electrons. The average Bonchev–Trinajstić information content (AvgIpc) is 2.48. The Morgan fingerprint density at radius 2 is 1.90 bits per heavy atom. The molecule has 0 fully saturated rings. The van der Waals surface area contributed by atoms with Gasteiger partial charge in [-0.05, 0) is 24.1 Å². The van der Waals surface area contributed by atoms with Crippen molar-refractivity contribution in [2.45, 2.75) is 13.5 Å². The van der Waals surface area contributed by atoms with E-state index in [2.05, 4.69) is 10.6 Å². The summed E-state index contributed by atoms with van der Waals surface area (Å²) < 4.78 is 5.15. The molecular formula is C16H18N2O2. The first-order chi connectivity index (χ1) is 9.69. The van der Waals surface area contributed by atoms with Gasteiger partial charge in [-0.25, -0.2) is 4.79 Å². The van der Waals surface area contributed by atoms with Crippen LogP contribution in [0.5, 0.6) is 5.75 Å². The molecule has 0 heterocycles. The number of amides is 2. The molecule has 2 aromatic rings. The van der Waals surface area contributed by atoms with Gasteiger partial charge in [-0.15, -0.1) is 0 Å². The summed E-state index contributed by atoms with van der Waals surface area (Å²) in [4.78, 5) is 11.9. The number of rotatable bonds is 4. The Morgan fingerprint density at radius 3 is 2.60 bits per heavy atom. The normalized spacial score (nSPS) is 9.90. The minimum atomic E-state index is -0.231. The van der Waals surface area contributed by atoms with Gasteiger partial charge in [0.2, 0.25) is 0 Å². The molecule has 0 aliphatic rings. The second kappa shape index (κ2) is 6.61. The molecule has 2 N–H and O–H groups in total. The summed E-state index contributed by atoms with van der Waals surface area (Å²) in [6.07, 6.45) is 0. The van der Waals surface area contributed by atoms with Crippen molar-refractivity contribution in [2.24, 2.45) is 0 Å². The maximum Gasteiger partial charge on any atom is 0.319 e. The highest BCUT2D eigenvalue weighted by Gasteiger charge is 2.05. The van der Waals surface area contributed by atoms with Crippen LogP contribution in [0, 0.1) is 6.92 Å². The predicted octanol–water partition coefficient (Wildman–Crippen LogP) is 3.33. The van der Waals surface area contributed by atoms with Crippen LogP contribution in [0.25, 0.3) is 0 Å². The summed E-state index contributed by atoms with van der Waals surface area (Å²) in [5.74, 6) is 0.717. The zero-order valence-electron chi connectivity index (χ0n) is 11.6. The van der Waals surface area contributed by atoms with Crippen LogP contribution in [0.15, 0.2) is 48.5 Å². The maximum atomic E-state index is 11.9. The third-order valence-electron chi connectivity index (χ3n) is 2.99. The molecule has 2 aromatic carbocycles. The zero-order chi connectivity index (χ0) is 14.4. The van der Waals surface area contributed by atoms with Crippen LogP contribution in [-0.2, 0) is 6.54 Å². The minimum absolute atomic E-state index is 0.231. The number of anilines is 1. The molecule has 0 aromatic heterocycles. The first-order valence-corrected chi connectivity index (χ1v) is 6.42. The van der Waals surface area contributed by atoms with E-state index in [4.69, 9.17) is 4.74 Å². The van der Waals surface area contributed by atoms with Crippen molar-refractivity contribution in [3.63, 3.8) is 0 Å². The first kappa shape index (κ1) is 13.9. The lowest BCUT2D eigenvalue weighted by atomic mass is 10.2.